The summed E-state index contributed by atoms with van der Waals surface area (Å²) in [4.78, 5) is 18.8. The predicted octanol–water partition coefficient (Wildman–Crippen LogP) is 6.79. The molecule has 0 heterocycles. The maximum absolute atomic E-state index is 9.40. The van der Waals surface area contributed by atoms with E-state index in [1.54, 1.807) is 0 Å². The molecule has 1 aromatic carbocycles. The van der Waals surface area contributed by atoms with Gasteiger partial charge < -0.3 is 14.3 Å². The molecule has 0 saturated heterocycles. The quantitative estimate of drug-likeness (QED) is 0.348. The summed E-state index contributed by atoms with van der Waals surface area (Å²) in [5.41, 5.74) is 2.53. The smallest absolute Gasteiger partial charge is 0.391 e. The molecule has 2 unspecified atom stereocenters. The van der Waals surface area contributed by atoms with Crippen molar-refractivity contribution in [2.75, 3.05) is 0 Å². The molecule has 150 valence electrons. The molecule has 0 amide bonds. The second kappa shape index (κ2) is 13.5. The lowest BCUT2D eigenvalue weighted by atomic mass is 9.85. The van der Waals surface area contributed by atoms with Crippen LogP contribution < -0.4 is 4.52 Å². The standard InChI is InChI=1S/C22H39O3P/c1-5-9-12-18(7-3)16-20-14-11-15-22(25-26(23)24)21(20)17-19(8-4)13-10-6-2/h11,14-15,18-19,23-24H,5-10,12-13,16-17H2,1-4H3. The zero-order chi connectivity index (χ0) is 19.4. The third kappa shape index (κ3) is 8.37. The van der Waals surface area contributed by atoms with Crippen LogP contribution in [0.2, 0.25) is 0 Å². The lowest BCUT2D eigenvalue weighted by Gasteiger charge is -2.23. The van der Waals surface area contributed by atoms with Crippen LogP contribution >= 0.6 is 8.60 Å². The van der Waals surface area contributed by atoms with Gasteiger partial charge in [-0.1, -0.05) is 91.2 Å². The second-order valence-corrected chi connectivity index (χ2v) is 8.17. The third-order valence-electron chi connectivity index (χ3n) is 5.50. The minimum absolute atomic E-state index is 0.623. The summed E-state index contributed by atoms with van der Waals surface area (Å²) in [5.74, 6) is 1.97. The van der Waals surface area contributed by atoms with Crippen molar-refractivity contribution in [2.24, 2.45) is 11.8 Å². The Morgan fingerprint density at radius 1 is 0.885 bits per heavy atom. The van der Waals surface area contributed by atoms with Gasteiger partial charge in [-0.05, 0) is 41.9 Å². The van der Waals surface area contributed by atoms with Crippen molar-refractivity contribution in [2.45, 2.75) is 91.9 Å². The minimum atomic E-state index is -2.38. The Hall–Kier alpha value is -0.630. The SMILES string of the molecule is CCCCC(CC)Cc1cccc(OP(O)O)c1CC(CC)CCCC. The van der Waals surface area contributed by atoms with Gasteiger partial charge in [0.05, 0.1) is 0 Å². The summed E-state index contributed by atoms with van der Waals surface area (Å²) in [6.45, 7) is 9.01. The minimum Gasteiger partial charge on any atom is -0.427 e. The number of benzene rings is 1. The first kappa shape index (κ1) is 23.4. The Morgan fingerprint density at radius 3 is 1.96 bits per heavy atom. The average molecular weight is 383 g/mol. The summed E-state index contributed by atoms with van der Waals surface area (Å²) in [5, 5.41) is 0. The Balaban J connectivity index is 3.06. The maximum atomic E-state index is 9.40. The van der Waals surface area contributed by atoms with E-state index in [1.807, 2.05) is 12.1 Å². The van der Waals surface area contributed by atoms with Crippen LogP contribution in [-0.2, 0) is 12.8 Å². The molecule has 1 aromatic rings. The highest BCUT2D eigenvalue weighted by Gasteiger charge is 2.19. The molecule has 0 aromatic heterocycles. The normalized spacial score (nSPS) is 13.8. The van der Waals surface area contributed by atoms with Gasteiger partial charge in [0.2, 0.25) is 0 Å². The first-order valence-corrected chi connectivity index (χ1v) is 11.7. The molecular weight excluding hydrogens is 343 g/mol. The van der Waals surface area contributed by atoms with E-state index in [0.717, 1.165) is 19.3 Å². The second-order valence-electron chi connectivity index (χ2n) is 7.48. The molecule has 0 fully saturated rings. The van der Waals surface area contributed by atoms with Crippen LogP contribution in [0.25, 0.3) is 0 Å². The molecule has 0 aliphatic carbocycles. The fraction of sp³-hybridized carbons (Fsp3) is 0.727. The molecule has 1 rings (SSSR count). The molecule has 0 spiro atoms. The highest BCUT2D eigenvalue weighted by atomic mass is 31.2. The van der Waals surface area contributed by atoms with E-state index in [4.69, 9.17) is 4.52 Å². The van der Waals surface area contributed by atoms with Crippen molar-refractivity contribution in [1.29, 1.82) is 0 Å². The lowest BCUT2D eigenvalue weighted by Crippen LogP contribution is -2.11. The van der Waals surface area contributed by atoms with E-state index in [1.165, 1.54) is 56.1 Å². The lowest BCUT2D eigenvalue weighted by molar-refractivity contribution is 0.369. The van der Waals surface area contributed by atoms with Crippen LogP contribution in [0, 0.1) is 11.8 Å². The van der Waals surface area contributed by atoms with E-state index < -0.39 is 8.60 Å². The Morgan fingerprint density at radius 2 is 1.46 bits per heavy atom. The number of unbranched alkanes of at least 4 members (excludes halogenated alkanes) is 2. The highest BCUT2D eigenvalue weighted by molar-refractivity contribution is 7.39. The largest absolute Gasteiger partial charge is 0.427 e. The molecular formula is C22H39O3P. The summed E-state index contributed by atoms with van der Waals surface area (Å²) in [7, 11) is -2.38. The van der Waals surface area contributed by atoms with Crippen molar-refractivity contribution in [3.63, 3.8) is 0 Å². The Labute approximate surface area is 162 Å². The van der Waals surface area contributed by atoms with Gasteiger partial charge in [0.15, 0.2) is 0 Å². The molecule has 2 atom stereocenters. The van der Waals surface area contributed by atoms with Gasteiger partial charge in [-0.25, -0.2) is 0 Å². The number of rotatable bonds is 14. The molecule has 4 heteroatoms. The van der Waals surface area contributed by atoms with Gasteiger partial charge in [0.1, 0.15) is 5.75 Å². The van der Waals surface area contributed by atoms with Crippen molar-refractivity contribution >= 4 is 8.60 Å². The molecule has 0 aliphatic rings. The van der Waals surface area contributed by atoms with E-state index >= 15 is 0 Å². The highest BCUT2D eigenvalue weighted by Crippen LogP contribution is 2.36. The molecule has 2 N–H and O–H groups in total. The topological polar surface area (TPSA) is 49.7 Å². The van der Waals surface area contributed by atoms with Gasteiger partial charge in [0.25, 0.3) is 0 Å². The summed E-state index contributed by atoms with van der Waals surface area (Å²) >= 11 is 0. The van der Waals surface area contributed by atoms with E-state index in [0.29, 0.717) is 17.6 Å². The van der Waals surface area contributed by atoms with Gasteiger partial charge >= 0.3 is 8.60 Å². The molecule has 0 aliphatic heterocycles. The summed E-state index contributed by atoms with van der Waals surface area (Å²) in [6.07, 6.45) is 11.8. The van der Waals surface area contributed by atoms with Crippen LogP contribution in [0.4, 0.5) is 0 Å². The summed E-state index contributed by atoms with van der Waals surface area (Å²) < 4.78 is 5.41. The monoisotopic (exact) mass is 382 g/mol. The number of hydrogen-bond donors (Lipinski definition) is 2. The molecule has 26 heavy (non-hydrogen) atoms. The number of hydrogen-bond acceptors (Lipinski definition) is 3. The predicted molar refractivity (Wildman–Crippen MR) is 112 cm³/mol. The van der Waals surface area contributed by atoms with Crippen molar-refractivity contribution < 1.29 is 14.3 Å². The Bertz CT molecular complexity index is 490. The first-order valence-electron chi connectivity index (χ1n) is 10.5. The van der Waals surface area contributed by atoms with Crippen LogP contribution in [0.1, 0.15) is 90.2 Å². The van der Waals surface area contributed by atoms with Crippen LogP contribution in [-0.4, -0.2) is 9.79 Å². The zero-order valence-electron chi connectivity index (χ0n) is 17.2. The maximum Gasteiger partial charge on any atom is 0.391 e. The Kier molecular flexibility index (Phi) is 12.2. The molecule has 3 nitrogen and oxygen atoms in total. The average Bonchev–Trinajstić information content (AvgIpc) is 2.63. The summed E-state index contributed by atoms with van der Waals surface area (Å²) in [6, 6.07) is 6.09. The van der Waals surface area contributed by atoms with Crippen molar-refractivity contribution in [3.8, 4) is 5.75 Å². The fourth-order valence-electron chi connectivity index (χ4n) is 3.69. The van der Waals surface area contributed by atoms with Crippen molar-refractivity contribution in [1.82, 2.24) is 0 Å². The van der Waals surface area contributed by atoms with E-state index in [9.17, 15) is 9.79 Å². The van der Waals surface area contributed by atoms with Gasteiger partial charge in [-0.3, -0.25) is 0 Å². The van der Waals surface area contributed by atoms with Crippen LogP contribution in [0.15, 0.2) is 18.2 Å². The van der Waals surface area contributed by atoms with Crippen molar-refractivity contribution in [3.05, 3.63) is 29.3 Å². The first-order chi connectivity index (χ1) is 12.5. The molecule has 0 radical (unpaired) electrons. The third-order valence-corrected chi connectivity index (χ3v) is 5.86. The van der Waals surface area contributed by atoms with Gasteiger partial charge in [0, 0.05) is 0 Å². The van der Waals surface area contributed by atoms with Crippen LogP contribution in [0.3, 0.4) is 0 Å². The van der Waals surface area contributed by atoms with Gasteiger partial charge in [-0.2, -0.15) is 0 Å². The molecule has 0 saturated carbocycles. The molecule has 0 bridgehead atoms. The fourth-order valence-corrected chi connectivity index (χ4v) is 4.04. The van der Waals surface area contributed by atoms with Crippen LogP contribution in [0.5, 0.6) is 5.75 Å². The van der Waals surface area contributed by atoms with Gasteiger partial charge in [-0.15, -0.1) is 0 Å². The zero-order valence-corrected chi connectivity index (χ0v) is 18.1. The van der Waals surface area contributed by atoms with E-state index in [2.05, 4.69) is 33.8 Å². The van der Waals surface area contributed by atoms with E-state index in [-0.39, 0.29) is 0 Å².